The van der Waals surface area contributed by atoms with E-state index in [1.807, 2.05) is 16.8 Å². The molecule has 30 heavy (non-hydrogen) atoms. The Morgan fingerprint density at radius 3 is 2.80 bits per heavy atom. The van der Waals surface area contributed by atoms with E-state index in [-0.39, 0.29) is 11.2 Å². The van der Waals surface area contributed by atoms with Crippen molar-refractivity contribution in [2.45, 2.75) is 64.1 Å². The van der Waals surface area contributed by atoms with E-state index in [1.54, 1.807) is 6.20 Å². The fourth-order valence-electron chi connectivity index (χ4n) is 3.92. The molecule has 4 rings (SSSR count). The fraction of sp³-hybridized carbons (Fsp3) is 0.455. The van der Waals surface area contributed by atoms with Crippen molar-refractivity contribution in [1.82, 2.24) is 24.5 Å². The predicted octanol–water partition coefficient (Wildman–Crippen LogP) is 2.32. The number of aromatic amines is 1. The second-order valence-corrected chi connectivity index (χ2v) is 7.78. The molecule has 8 nitrogen and oxygen atoms in total. The van der Waals surface area contributed by atoms with Gasteiger partial charge in [-0.25, -0.2) is 9.48 Å². The number of aromatic nitrogens is 5. The van der Waals surface area contributed by atoms with Crippen molar-refractivity contribution < 1.29 is 4.74 Å². The van der Waals surface area contributed by atoms with Gasteiger partial charge in [0.25, 0.3) is 5.56 Å². The monoisotopic (exact) mass is 409 g/mol. The van der Waals surface area contributed by atoms with Crippen LogP contribution in [0.2, 0.25) is 0 Å². The van der Waals surface area contributed by atoms with Gasteiger partial charge in [-0.3, -0.25) is 9.78 Å². The number of H-pyrrole nitrogens is 1. The summed E-state index contributed by atoms with van der Waals surface area (Å²) in [4.78, 5) is 25.2. The van der Waals surface area contributed by atoms with Crippen molar-refractivity contribution in [2.24, 2.45) is 0 Å². The van der Waals surface area contributed by atoms with E-state index in [0.29, 0.717) is 12.6 Å². The number of benzene rings is 1. The van der Waals surface area contributed by atoms with E-state index >= 15 is 0 Å². The maximum Gasteiger partial charge on any atom is 0.328 e. The molecule has 0 atom stereocenters. The van der Waals surface area contributed by atoms with Crippen LogP contribution in [-0.4, -0.2) is 30.6 Å². The molecule has 1 saturated carbocycles. The Morgan fingerprint density at radius 1 is 1.10 bits per heavy atom. The lowest BCUT2D eigenvalue weighted by atomic mass is 10.1. The van der Waals surface area contributed by atoms with Gasteiger partial charge in [-0.05, 0) is 62.6 Å². The van der Waals surface area contributed by atoms with Crippen molar-refractivity contribution >= 4 is 0 Å². The third-order valence-corrected chi connectivity index (χ3v) is 5.54. The maximum atomic E-state index is 11.8. The zero-order chi connectivity index (χ0) is 20.8. The molecule has 1 N–H and O–H groups in total. The zero-order valence-electron chi connectivity index (χ0n) is 17.0. The summed E-state index contributed by atoms with van der Waals surface area (Å²) in [7, 11) is 0. The number of hydrogen-bond donors (Lipinski definition) is 1. The minimum absolute atomic E-state index is 0.358. The average molecular weight is 409 g/mol. The number of hydrogen-bond acceptors (Lipinski definition) is 5. The van der Waals surface area contributed by atoms with Crippen LogP contribution in [0.5, 0.6) is 5.75 Å². The largest absolute Gasteiger partial charge is 0.490 e. The Morgan fingerprint density at radius 2 is 1.97 bits per heavy atom. The standard InChI is InChI=1S/C22H27N5O3/c28-21-11-13-26(22(29)24-21)12-4-6-18-16-23-25-27(18)14-10-17-5-3-9-20(15-17)30-19-7-1-2-8-19/h3,5,9,11,13,15-16,19H,1-2,4,6-8,10,12,14H2,(H,24,28,29). The molecular formula is C22H27N5O3. The molecule has 1 fully saturated rings. The molecule has 0 amide bonds. The summed E-state index contributed by atoms with van der Waals surface area (Å²) in [5, 5.41) is 8.26. The van der Waals surface area contributed by atoms with Crippen molar-refractivity contribution in [3.05, 3.63) is 74.8 Å². The molecule has 2 heterocycles. The van der Waals surface area contributed by atoms with Gasteiger partial charge < -0.3 is 9.30 Å². The number of ether oxygens (including phenoxy) is 1. The molecule has 158 valence electrons. The molecule has 2 aromatic heterocycles. The maximum absolute atomic E-state index is 11.8. The Bertz CT molecular complexity index is 1080. The predicted molar refractivity (Wildman–Crippen MR) is 113 cm³/mol. The van der Waals surface area contributed by atoms with E-state index in [1.165, 1.54) is 35.2 Å². The molecule has 1 aliphatic rings. The normalized spacial score (nSPS) is 14.3. The number of rotatable bonds is 9. The van der Waals surface area contributed by atoms with Gasteiger partial charge >= 0.3 is 5.69 Å². The zero-order valence-corrected chi connectivity index (χ0v) is 17.0. The second kappa shape index (κ2) is 9.56. The fourth-order valence-corrected chi connectivity index (χ4v) is 3.92. The lowest BCUT2D eigenvalue weighted by molar-refractivity contribution is 0.210. The van der Waals surface area contributed by atoms with Gasteiger partial charge in [0.05, 0.1) is 18.0 Å². The quantitative estimate of drug-likeness (QED) is 0.585. The minimum atomic E-state index is -0.381. The van der Waals surface area contributed by atoms with Crippen molar-refractivity contribution in [3.63, 3.8) is 0 Å². The average Bonchev–Trinajstić information content (AvgIpc) is 3.40. The first-order valence-corrected chi connectivity index (χ1v) is 10.6. The molecule has 0 radical (unpaired) electrons. The van der Waals surface area contributed by atoms with Crippen LogP contribution in [0, 0.1) is 0 Å². The van der Waals surface area contributed by atoms with Gasteiger partial charge in [-0.2, -0.15) is 0 Å². The highest BCUT2D eigenvalue weighted by molar-refractivity contribution is 5.29. The molecule has 0 saturated heterocycles. The summed E-state index contributed by atoms with van der Waals surface area (Å²) in [6.07, 6.45) is 10.8. The highest BCUT2D eigenvalue weighted by atomic mass is 16.5. The molecule has 8 heteroatoms. The lowest BCUT2D eigenvalue weighted by Gasteiger charge is -2.14. The molecule has 1 aromatic carbocycles. The van der Waals surface area contributed by atoms with E-state index in [4.69, 9.17) is 4.74 Å². The summed E-state index contributed by atoms with van der Waals surface area (Å²) in [5.74, 6) is 0.949. The SMILES string of the molecule is O=c1ccn(CCCc2cnnn2CCc2cccc(OC3CCCC3)c2)c(=O)[nH]1. The van der Waals surface area contributed by atoms with Gasteiger partial charge in [-0.1, -0.05) is 17.3 Å². The van der Waals surface area contributed by atoms with Crippen LogP contribution in [-0.2, 0) is 25.9 Å². The van der Waals surface area contributed by atoms with Crippen molar-refractivity contribution in [3.8, 4) is 5.75 Å². The Balaban J connectivity index is 1.30. The van der Waals surface area contributed by atoms with Gasteiger partial charge in [0.2, 0.25) is 0 Å². The highest BCUT2D eigenvalue weighted by Gasteiger charge is 2.16. The molecular weight excluding hydrogens is 382 g/mol. The van der Waals surface area contributed by atoms with E-state index in [0.717, 1.165) is 50.1 Å². The van der Waals surface area contributed by atoms with Gasteiger partial charge in [0, 0.05) is 25.4 Å². The van der Waals surface area contributed by atoms with Gasteiger partial charge in [0.1, 0.15) is 5.75 Å². The van der Waals surface area contributed by atoms with E-state index in [2.05, 4.69) is 27.4 Å². The van der Waals surface area contributed by atoms with Gasteiger partial charge in [0.15, 0.2) is 0 Å². The Hall–Kier alpha value is -3.16. The van der Waals surface area contributed by atoms with Crippen LogP contribution in [0.15, 0.2) is 52.3 Å². The van der Waals surface area contributed by atoms with Crippen LogP contribution in [0.4, 0.5) is 0 Å². The minimum Gasteiger partial charge on any atom is -0.490 e. The molecule has 3 aromatic rings. The summed E-state index contributed by atoms with van der Waals surface area (Å²) in [6, 6.07) is 9.67. The summed E-state index contributed by atoms with van der Waals surface area (Å²) in [5.41, 5.74) is 1.49. The molecule has 0 spiro atoms. The lowest BCUT2D eigenvalue weighted by Crippen LogP contribution is -2.28. The molecule has 0 unspecified atom stereocenters. The van der Waals surface area contributed by atoms with Crippen LogP contribution in [0.3, 0.4) is 0 Å². The van der Waals surface area contributed by atoms with Crippen molar-refractivity contribution in [1.29, 1.82) is 0 Å². The first-order chi connectivity index (χ1) is 14.7. The molecule has 0 bridgehead atoms. The second-order valence-electron chi connectivity index (χ2n) is 7.78. The topological polar surface area (TPSA) is 94.8 Å². The third kappa shape index (κ3) is 5.25. The number of nitrogens with one attached hydrogen (secondary N) is 1. The van der Waals surface area contributed by atoms with E-state index < -0.39 is 0 Å². The van der Waals surface area contributed by atoms with E-state index in [9.17, 15) is 9.59 Å². The summed E-state index contributed by atoms with van der Waals surface area (Å²) < 4.78 is 9.53. The number of aryl methyl sites for hydroxylation is 4. The first kappa shape index (κ1) is 20.1. The van der Waals surface area contributed by atoms with Crippen molar-refractivity contribution in [2.75, 3.05) is 0 Å². The summed E-state index contributed by atoms with van der Waals surface area (Å²) in [6.45, 7) is 1.27. The van der Waals surface area contributed by atoms with Crippen LogP contribution in [0.25, 0.3) is 0 Å². The smallest absolute Gasteiger partial charge is 0.328 e. The first-order valence-electron chi connectivity index (χ1n) is 10.6. The highest BCUT2D eigenvalue weighted by Crippen LogP contribution is 2.24. The Kier molecular flexibility index (Phi) is 6.41. The van der Waals surface area contributed by atoms with Crippen LogP contribution in [0.1, 0.15) is 43.4 Å². The van der Waals surface area contributed by atoms with Crippen LogP contribution < -0.4 is 16.0 Å². The van der Waals surface area contributed by atoms with Gasteiger partial charge in [-0.15, -0.1) is 5.10 Å². The third-order valence-electron chi connectivity index (χ3n) is 5.54. The van der Waals surface area contributed by atoms with Crippen LogP contribution >= 0.6 is 0 Å². The Labute approximate surface area is 174 Å². The number of nitrogens with zero attached hydrogens (tertiary/aromatic N) is 4. The molecule has 1 aliphatic carbocycles. The summed E-state index contributed by atoms with van der Waals surface area (Å²) >= 11 is 0. The molecule has 0 aliphatic heterocycles.